The Labute approximate surface area is 199 Å². The van der Waals surface area contributed by atoms with E-state index in [1.54, 1.807) is 24.3 Å². The summed E-state index contributed by atoms with van der Waals surface area (Å²) in [6.07, 6.45) is 0. The minimum absolute atomic E-state index is 0.279. The molecule has 0 atom stereocenters. The SMILES string of the molecule is Cc1ccc(Cl)cc1N1CCN(C(=S)Nc2ccc(S(=O)(=O)N3CCOCC3)cc2)CC1. The minimum atomic E-state index is -3.50. The van der Waals surface area contributed by atoms with E-state index in [2.05, 4.69) is 22.0 Å². The van der Waals surface area contributed by atoms with Crippen LogP contribution in [0.3, 0.4) is 0 Å². The van der Waals surface area contributed by atoms with Gasteiger partial charge in [0.05, 0.1) is 18.1 Å². The van der Waals surface area contributed by atoms with E-state index in [0.29, 0.717) is 31.4 Å². The highest BCUT2D eigenvalue weighted by atomic mass is 35.5. The van der Waals surface area contributed by atoms with Crippen molar-refractivity contribution >= 4 is 50.3 Å². The van der Waals surface area contributed by atoms with Crippen LogP contribution >= 0.6 is 23.8 Å². The smallest absolute Gasteiger partial charge is 0.243 e. The molecule has 10 heteroatoms. The fraction of sp³-hybridized carbons (Fsp3) is 0.409. The molecule has 0 aromatic heterocycles. The molecule has 0 radical (unpaired) electrons. The second-order valence-corrected chi connectivity index (χ2v) is 10.6. The first-order chi connectivity index (χ1) is 15.3. The molecule has 2 aromatic carbocycles. The molecule has 0 bridgehead atoms. The summed E-state index contributed by atoms with van der Waals surface area (Å²) in [6, 6.07) is 12.7. The third-order valence-electron chi connectivity index (χ3n) is 5.79. The highest BCUT2D eigenvalue weighted by molar-refractivity contribution is 7.89. The quantitative estimate of drug-likeness (QED) is 0.655. The number of halogens is 1. The fourth-order valence-electron chi connectivity index (χ4n) is 3.92. The van der Waals surface area contributed by atoms with E-state index in [4.69, 9.17) is 28.6 Å². The predicted octanol–water partition coefficient (Wildman–Crippen LogP) is 3.19. The molecule has 2 aliphatic rings. The van der Waals surface area contributed by atoms with Crippen molar-refractivity contribution in [1.82, 2.24) is 9.21 Å². The second kappa shape index (κ2) is 9.93. The fourth-order valence-corrected chi connectivity index (χ4v) is 5.80. The molecular weight excluding hydrogens is 468 g/mol. The van der Waals surface area contributed by atoms with Crippen LogP contribution in [0.4, 0.5) is 11.4 Å². The number of thiocarbonyl (C=S) groups is 1. The summed E-state index contributed by atoms with van der Waals surface area (Å²) >= 11 is 11.8. The number of hydrogen-bond donors (Lipinski definition) is 1. The summed E-state index contributed by atoms with van der Waals surface area (Å²) in [4.78, 5) is 4.73. The summed E-state index contributed by atoms with van der Waals surface area (Å²) in [7, 11) is -3.50. The van der Waals surface area contributed by atoms with Crippen LogP contribution in [0.1, 0.15) is 5.56 Å². The maximum absolute atomic E-state index is 12.8. The normalized spacial score (nSPS) is 17.9. The zero-order chi connectivity index (χ0) is 22.7. The minimum Gasteiger partial charge on any atom is -0.379 e. The number of nitrogens with one attached hydrogen (secondary N) is 1. The van der Waals surface area contributed by atoms with E-state index in [1.165, 1.54) is 9.87 Å². The second-order valence-electron chi connectivity index (χ2n) is 7.88. The van der Waals surface area contributed by atoms with Crippen molar-refractivity contribution in [2.45, 2.75) is 11.8 Å². The molecule has 0 spiro atoms. The molecule has 2 fully saturated rings. The van der Waals surface area contributed by atoms with Gasteiger partial charge in [0.1, 0.15) is 0 Å². The standard InChI is InChI=1S/C22H27ClN4O3S2/c1-17-2-3-18(23)16-21(17)25-8-10-26(11-9-25)22(31)24-19-4-6-20(7-5-19)32(28,29)27-12-14-30-15-13-27/h2-7,16H,8-15H2,1H3,(H,24,31). The Morgan fingerprint density at radius 3 is 2.31 bits per heavy atom. The van der Waals surface area contributed by atoms with Gasteiger partial charge in [-0.05, 0) is 61.1 Å². The molecule has 2 heterocycles. The summed E-state index contributed by atoms with van der Waals surface area (Å²) in [5, 5.41) is 4.61. The van der Waals surface area contributed by atoms with Crippen LogP contribution in [0.25, 0.3) is 0 Å². The summed E-state index contributed by atoms with van der Waals surface area (Å²) in [5.41, 5.74) is 3.13. The largest absolute Gasteiger partial charge is 0.379 e. The molecule has 0 amide bonds. The first-order valence-corrected chi connectivity index (χ1v) is 12.8. The first kappa shape index (κ1) is 23.3. The summed E-state index contributed by atoms with van der Waals surface area (Å²) in [6.45, 7) is 6.99. The first-order valence-electron chi connectivity index (χ1n) is 10.6. The number of sulfonamides is 1. The van der Waals surface area contributed by atoms with E-state index >= 15 is 0 Å². The number of nitrogens with zero attached hydrogens (tertiary/aromatic N) is 3. The van der Waals surface area contributed by atoms with Crippen LogP contribution < -0.4 is 10.2 Å². The Kier molecular flexibility index (Phi) is 7.21. The molecule has 0 unspecified atom stereocenters. The van der Waals surface area contributed by atoms with Crippen molar-refractivity contribution in [1.29, 1.82) is 0 Å². The van der Waals surface area contributed by atoms with Crippen molar-refractivity contribution in [2.24, 2.45) is 0 Å². The lowest BCUT2D eigenvalue weighted by atomic mass is 10.1. The number of benzene rings is 2. The van der Waals surface area contributed by atoms with Gasteiger partial charge in [-0.25, -0.2) is 8.42 Å². The van der Waals surface area contributed by atoms with Gasteiger partial charge in [-0.3, -0.25) is 0 Å². The molecule has 4 rings (SSSR count). The van der Waals surface area contributed by atoms with Crippen LogP contribution in [0.5, 0.6) is 0 Å². The van der Waals surface area contributed by atoms with Crippen LogP contribution in [0, 0.1) is 6.92 Å². The maximum atomic E-state index is 12.8. The zero-order valence-corrected chi connectivity index (χ0v) is 20.3. The maximum Gasteiger partial charge on any atom is 0.243 e. The van der Waals surface area contributed by atoms with Crippen LogP contribution in [0.2, 0.25) is 5.02 Å². The molecule has 172 valence electrons. The Morgan fingerprint density at radius 2 is 1.66 bits per heavy atom. The van der Waals surface area contributed by atoms with Crippen LogP contribution in [-0.4, -0.2) is 75.2 Å². The van der Waals surface area contributed by atoms with E-state index in [1.807, 2.05) is 18.2 Å². The van der Waals surface area contributed by atoms with E-state index in [0.717, 1.165) is 42.6 Å². The molecular formula is C22H27ClN4O3S2. The number of morpholine rings is 1. The van der Waals surface area contributed by atoms with Crippen molar-refractivity contribution < 1.29 is 13.2 Å². The Morgan fingerprint density at radius 1 is 1.00 bits per heavy atom. The number of anilines is 2. The van der Waals surface area contributed by atoms with E-state index in [-0.39, 0.29) is 4.90 Å². The van der Waals surface area contributed by atoms with Gasteiger partial charge in [0.2, 0.25) is 10.0 Å². The van der Waals surface area contributed by atoms with Gasteiger partial charge >= 0.3 is 0 Å². The summed E-state index contributed by atoms with van der Waals surface area (Å²) < 4.78 is 32.2. The lowest BCUT2D eigenvalue weighted by Gasteiger charge is -2.38. The Bertz CT molecular complexity index is 1070. The average Bonchev–Trinajstić information content (AvgIpc) is 2.81. The van der Waals surface area contributed by atoms with E-state index < -0.39 is 10.0 Å². The van der Waals surface area contributed by atoms with Crippen molar-refractivity contribution in [2.75, 3.05) is 62.7 Å². The van der Waals surface area contributed by atoms with Gasteiger partial charge in [-0.1, -0.05) is 17.7 Å². The van der Waals surface area contributed by atoms with Gasteiger partial charge in [-0.15, -0.1) is 0 Å². The van der Waals surface area contributed by atoms with Crippen LogP contribution in [-0.2, 0) is 14.8 Å². The monoisotopic (exact) mass is 494 g/mol. The molecule has 7 nitrogen and oxygen atoms in total. The third-order valence-corrected chi connectivity index (χ3v) is 8.30. The number of ether oxygens (including phenoxy) is 1. The Hall–Kier alpha value is -1.91. The topological polar surface area (TPSA) is 65.1 Å². The van der Waals surface area contributed by atoms with Crippen molar-refractivity contribution in [3.63, 3.8) is 0 Å². The highest BCUT2D eigenvalue weighted by Gasteiger charge is 2.26. The van der Waals surface area contributed by atoms with Gasteiger partial charge in [0, 0.05) is 55.7 Å². The number of hydrogen-bond acceptors (Lipinski definition) is 5. The lowest BCUT2D eigenvalue weighted by molar-refractivity contribution is 0.0730. The molecule has 2 aromatic rings. The van der Waals surface area contributed by atoms with Crippen molar-refractivity contribution in [3.05, 3.63) is 53.1 Å². The number of rotatable bonds is 4. The molecule has 0 saturated carbocycles. The lowest BCUT2D eigenvalue weighted by Crippen LogP contribution is -2.50. The average molecular weight is 495 g/mol. The Balaban J connectivity index is 1.34. The van der Waals surface area contributed by atoms with Crippen molar-refractivity contribution in [3.8, 4) is 0 Å². The van der Waals surface area contributed by atoms with Gasteiger partial charge in [0.15, 0.2) is 5.11 Å². The number of aryl methyl sites for hydroxylation is 1. The molecule has 2 saturated heterocycles. The molecule has 1 N–H and O–H groups in total. The summed E-state index contributed by atoms with van der Waals surface area (Å²) in [5.74, 6) is 0. The van der Waals surface area contributed by atoms with Crippen LogP contribution in [0.15, 0.2) is 47.4 Å². The number of piperazine rings is 1. The molecule has 32 heavy (non-hydrogen) atoms. The predicted molar refractivity (Wildman–Crippen MR) is 132 cm³/mol. The van der Waals surface area contributed by atoms with Gasteiger partial charge in [-0.2, -0.15) is 4.31 Å². The highest BCUT2D eigenvalue weighted by Crippen LogP contribution is 2.26. The molecule has 0 aliphatic carbocycles. The van der Waals surface area contributed by atoms with Gasteiger partial charge < -0.3 is 19.9 Å². The van der Waals surface area contributed by atoms with Gasteiger partial charge in [0.25, 0.3) is 0 Å². The van der Waals surface area contributed by atoms with E-state index in [9.17, 15) is 8.42 Å². The zero-order valence-electron chi connectivity index (χ0n) is 18.0. The third kappa shape index (κ3) is 5.18. The molecule has 2 aliphatic heterocycles.